The molecule has 100 valence electrons. The first kappa shape index (κ1) is 17.2. The van der Waals surface area contributed by atoms with Crippen molar-refractivity contribution in [1.29, 1.82) is 0 Å². The highest BCUT2D eigenvalue weighted by atomic mass is 127. The molecule has 0 aliphatic heterocycles. The summed E-state index contributed by atoms with van der Waals surface area (Å²) in [7, 11) is 0. The second kappa shape index (κ2) is 12.7. The van der Waals surface area contributed by atoms with Gasteiger partial charge in [-0.3, -0.25) is 0 Å². The number of unbranched alkanes of at least 4 members (excludes halogenated alkanes) is 3. The molecular weight excluding hydrogens is 319 g/mol. The van der Waals surface area contributed by atoms with E-state index in [1.807, 2.05) is 0 Å². The van der Waals surface area contributed by atoms with Crippen LogP contribution in [0.5, 0.6) is 0 Å². The SMILES string of the molecule is CCCCC/C=C\C/C(CCC)=C(\I)CCC. The Morgan fingerprint density at radius 1 is 0.882 bits per heavy atom. The van der Waals surface area contributed by atoms with Crippen LogP contribution in [0.1, 0.15) is 78.6 Å². The Hall–Kier alpha value is 0.210. The first-order valence-corrected chi connectivity index (χ1v) is 8.35. The zero-order valence-electron chi connectivity index (χ0n) is 11.9. The van der Waals surface area contributed by atoms with Gasteiger partial charge in [-0.05, 0) is 58.3 Å². The largest absolute Gasteiger partial charge is 0.0882 e. The molecule has 0 bridgehead atoms. The fraction of sp³-hybridized carbons (Fsp3) is 0.750. The minimum atomic E-state index is 1.18. The van der Waals surface area contributed by atoms with Gasteiger partial charge in [0.25, 0.3) is 0 Å². The molecule has 0 aliphatic carbocycles. The van der Waals surface area contributed by atoms with Crippen molar-refractivity contribution < 1.29 is 0 Å². The Morgan fingerprint density at radius 2 is 1.59 bits per heavy atom. The molecule has 0 heterocycles. The molecule has 17 heavy (non-hydrogen) atoms. The molecule has 0 fully saturated rings. The van der Waals surface area contributed by atoms with Gasteiger partial charge in [0.05, 0.1) is 0 Å². The number of rotatable bonds is 10. The van der Waals surface area contributed by atoms with Crippen LogP contribution in [-0.2, 0) is 0 Å². The van der Waals surface area contributed by atoms with Gasteiger partial charge in [0.1, 0.15) is 0 Å². The molecule has 0 unspecified atom stereocenters. The van der Waals surface area contributed by atoms with Crippen molar-refractivity contribution in [3.05, 3.63) is 21.3 Å². The lowest BCUT2D eigenvalue weighted by Gasteiger charge is -2.07. The van der Waals surface area contributed by atoms with Crippen molar-refractivity contribution >= 4 is 22.6 Å². The van der Waals surface area contributed by atoms with E-state index >= 15 is 0 Å². The first-order valence-electron chi connectivity index (χ1n) is 7.27. The van der Waals surface area contributed by atoms with E-state index in [9.17, 15) is 0 Å². The van der Waals surface area contributed by atoms with Crippen molar-refractivity contribution in [2.24, 2.45) is 0 Å². The van der Waals surface area contributed by atoms with Gasteiger partial charge in [0.15, 0.2) is 0 Å². The fourth-order valence-corrected chi connectivity index (χ4v) is 2.93. The number of hydrogen-bond acceptors (Lipinski definition) is 0. The maximum Gasteiger partial charge on any atom is -0.00990 e. The molecular formula is C16H29I. The predicted molar refractivity (Wildman–Crippen MR) is 88.8 cm³/mol. The molecule has 0 atom stereocenters. The van der Waals surface area contributed by atoms with E-state index in [0.29, 0.717) is 0 Å². The van der Waals surface area contributed by atoms with Gasteiger partial charge < -0.3 is 0 Å². The maximum atomic E-state index is 2.55. The van der Waals surface area contributed by atoms with E-state index in [4.69, 9.17) is 0 Å². The van der Waals surface area contributed by atoms with Crippen molar-refractivity contribution in [3.8, 4) is 0 Å². The van der Waals surface area contributed by atoms with Crippen LogP contribution in [0.15, 0.2) is 21.3 Å². The molecule has 0 saturated carbocycles. The standard InChI is InChI=1S/C16H29I/c1-4-7-8-9-10-11-14-15(12-5-2)16(17)13-6-3/h10-11H,4-9,12-14H2,1-3H3/b11-10-,16-15-. The minimum absolute atomic E-state index is 1.18. The molecule has 0 aromatic heterocycles. The maximum absolute atomic E-state index is 2.55. The Balaban J connectivity index is 4.04. The third-order valence-corrected chi connectivity index (χ3v) is 4.21. The molecule has 0 aromatic carbocycles. The van der Waals surface area contributed by atoms with Crippen LogP contribution in [0, 0.1) is 0 Å². The molecule has 0 aliphatic rings. The summed E-state index contributed by atoms with van der Waals surface area (Å²) in [5.74, 6) is 0. The van der Waals surface area contributed by atoms with Crippen LogP contribution in [0.3, 0.4) is 0 Å². The van der Waals surface area contributed by atoms with Crippen molar-refractivity contribution in [2.45, 2.75) is 78.6 Å². The third kappa shape index (κ3) is 9.87. The predicted octanol–water partition coefficient (Wildman–Crippen LogP) is 6.80. The van der Waals surface area contributed by atoms with E-state index in [1.54, 1.807) is 9.15 Å². The van der Waals surface area contributed by atoms with Gasteiger partial charge in [-0.1, -0.05) is 64.2 Å². The van der Waals surface area contributed by atoms with E-state index in [2.05, 4.69) is 55.5 Å². The second-order valence-electron chi connectivity index (χ2n) is 4.68. The lowest BCUT2D eigenvalue weighted by atomic mass is 10.0. The Labute approximate surface area is 122 Å². The van der Waals surface area contributed by atoms with E-state index < -0.39 is 0 Å². The van der Waals surface area contributed by atoms with E-state index in [-0.39, 0.29) is 0 Å². The minimum Gasteiger partial charge on any atom is -0.0882 e. The summed E-state index contributed by atoms with van der Waals surface area (Å²) in [5, 5.41) is 0. The number of hydrogen-bond donors (Lipinski definition) is 0. The zero-order valence-corrected chi connectivity index (χ0v) is 14.1. The van der Waals surface area contributed by atoms with Gasteiger partial charge in [-0.2, -0.15) is 0 Å². The van der Waals surface area contributed by atoms with Gasteiger partial charge in [0, 0.05) is 0 Å². The van der Waals surface area contributed by atoms with Crippen LogP contribution >= 0.6 is 22.6 Å². The second-order valence-corrected chi connectivity index (χ2v) is 5.98. The van der Waals surface area contributed by atoms with Crippen LogP contribution in [0.4, 0.5) is 0 Å². The highest BCUT2D eigenvalue weighted by Crippen LogP contribution is 2.25. The molecule has 0 spiro atoms. The van der Waals surface area contributed by atoms with E-state index in [1.165, 1.54) is 57.8 Å². The van der Waals surface area contributed by atoms with Crippen molar-refractivity contribution in [2.75, 3.05) is 0 Å². The van der Waals surface area contributed by atoms with Gasteiger partial charge >= 0.3 is 0 Å². The molecule has 0 N–H and O–H groups in total. The fourth-order valence-electron chi connectivity index (χ4n) is 1.90. The Morgan fingerprint density at radius 3 is 2.18 bits per heavy atom. The van der Waals surface area contributed by atoms with E-state index in [0.717, 1.165) is 0 Å². The quantitative estimate of drug-likeness (QED) is 0.231. The van der Waals surface area contributed by atoms with Crippen molar-refractivity contribution in [1.82, 2.24) is 0 Å². The third-order valence-electron chi connectivity index (χ3n) is 2.91. The molecule has 1 heteroatoms. The topological polar surface area (TPSA) is 0 Å². The molecule has 0 saturated heterocycles. The lowest BCUT2D eigenvalue weighted by molar-refractivity contribution is 0.728. The average molecular weight is 348 g/mol. The highest BCUT2D eigenvalue weighted by molar-refractivity contribution is 14.1. The Kier molecular flexibility index (Phi) is 12.8. The molecule has 0 aromatic rings. The normalized spacial score (nSPS) is 13.2. The Bertz CT molecular complexity index is 226. The van der Waals surface area contributed by atoms with Crippen LogP contribution < -0.4 is 0 Å². The van der Waals surface area contributed by atoms with Crippen LogP contribution in [-0.4, -0.2) is 0 Å². The molecule has 0 rings (SSSR count). The van der Waals surface area contributed by atoms with Gasteiger partial charge in [-0.15, -0.1) is 0 Å². The smallest absolute Gasteiger partial charge is 0.00990 e. The monoisotopic (exact) mass is 348 g/mol. The first-order chi connectivity index (χ1) is 8.26. The summed E-state index contributed by atoms with van der Waals surface area (Å²) in [6, 6.07) is 0. The van der Waals surface area contributed by atoms with Crippen molar-refractivity contribution in [3.63, 3.8) is 0 Å². The highest BCUT2D eigenvalue weighted by Gasteiger charge is 2.01. The lowest BCUT2D eigenvalue weighted by Crippen LogP contribution is -1.86. The summed E-state index contributed by atoms with van der Waals surface area (Å²) in [6.07, 6.45) is 16.3. The molecule has 0 amide bonds. The number of halogens is 1. The summed E-state index contributed by atoms with van der Waals surface area (Å²) in [6.45, 7) is 6.81. The summed E-state index contributed by atoms with van der Waals surface area (Å²) in [5.41, 5.74) is 1.67. The summed E-state index contributed by atoms with van der Waals surface area (Å²) >= 11 is 2.55. The summed E-state index contributed by atoms with van der Waals surface area (Å²) in [4.78, 5) is 0. The molecule has 0 nitrogen and oxygen atoms in total. The van der Waals surface area contributed by atoms with Gasteiger partial charge in [0.2, 0.25) is 0 Å². The molecule has 0 radical (unpaired) electrons. The average Bonchev–Trinajstić information content (AvgIpc) is 2.32. The summed E-state index contributed by atoms with van der Waals surface area (Å²) < 4.78 is 1.60. The van der Waals surface area contributed by atoms with Crippen LogP contribution in [0.25, 0.3) is 0 Å². The van der Waals surface area contributed by atoms with Gasteiger partial charge in [-0.25, -0.2) is 0 Å². The number of allylic oxidation sites excluding steroid dienone is 4. The van der Waals surface area contributed by atoms with Crippen LogP contribution in [0.2, 0.25) is 0 Å². The zero-order chi connectivity index (χ0) is 12.9.